The second kappa shape index (κ2) is 73.1. The average Bonchev–Trinajstić information content (AvgIpc) is 0.775. The van der Waals surface area contributed by atoms with Gasteiger partial charge in [-0.05, 0) is 48.7 Å². The minimum Gasteiger partial charge on any atom is -0.477 e. The highest BCUT2D eigenvalue weighted by molar-refractivity contribution is 8.76. The molecule has 726 valence electrons. The van der Waals surface area contributed by atoms with E-state index in [1.165, 1.54) is 27.7 Å². The summed E-state index contributed by atoms with van der Waals surface area (Å²) in [5, 5.41) is 210. The topological polar surface area (TPSA) is 589 Å². The lowest BCUT2D eigenvalue weighted by molar-refractivity contribution is -0.383. The molecular formula is C81H164N2O34S4. The highest BCUT2D eigenvalue weighted by Crippen LogP contribution is 2.43. The van der Waals surface area contributed by atoms with Crippen molar-refractivity contribution >= 4 is 66.9 Å². The van der Waals surface area contributed by atoms with Gasteiger partial charge in [0.15, 0.2) is 12.6 Å². The quantitative estimate of drug-likeness (QED) is 0.0436. The van der Waals surface area contributed by atoms with Gasteiger partial charge in [-0.1, -0.05) is 196 Å². The summed E-state index contributed by atoms with van der Waals surface area (Å²) in [4.78, 5) is 48.7. The van der Waals surface area contributed by atoms with Gasteiger partial charge in [0.2, 0.25) is 11.8 Å². The van der Waals surface area contributed by atoms with Crippen molar-refractivity contribution in [2.24, 2.45) is 41.4 Å². The number of carbonyl (C=O) groups excluding carboxylic acids is 2. The summed E-state index contributed by atoms with van der Waals surface area (Å²) in [6, 6.07) is -2.10. The van der Waals surface area contributed by atoms with Gasteiger partial charge in [-0.3, -0.25) is 9.59 Å². The predicted octanol–water partition coefficient (Wildman–Crippen LogP) is 2.22. The van der Waals surface area contributed by atoms with Crippen molar-refractivity contribution in [3.8, 4) is 25.7 Å². The zero-order chi connectivity index (χ0) is 95.9. The van der Waals surface area contributed by atoms with Crippen molar-refractivity contribution in [2.45, 2.75) is 356 Å². The maximum Gasteiger partial charge on any atom is 0.364 e. The van der Waals surface area contributed by atoms with Gasteiger partial charge in [0.05, 0.1) is 88.4 Å². The molecule has 36 nitrogen and oxygen atoms in total. The molecule has 6 rings (SSSR count). The van der Waals surface area contributed by atoms with Gasteiger partial charge in [0.25, 0.3) is 11.6 Å². The summed E-state index contributed by atoms with van der Waals surface area (Å²) in [6.45, 7) is 38.4. The molecule has 6 saturated heterocycles. The van der Waals surface area contributed by atoms with Crippen molar-refractivity contribution < 1.29 is 169 Å². The van der Waals surface area contributed by atoms with Gasteiger partial charge in [-0.25, -0.2) is 9.59 Å². The van der Waals surface area contributed by atoms with Crippen LogP contribution in [0.25, 0.3) is 0 Å². The van der Waals surface area contributed by atoms with Gasteiger partial charge < -0.3 is 160 Å². The third-order valence-corrected chi connectivity index (χ3v) is 20.5. The lowest BCUT2D eigenvalue weighted by Gasteiger charge is -2.51. The predicted molar refractivity (Wildman–Crippen MR) is 470 cm³/mol. The third kappa shape index (κ3) is 44.0. The Morgan fingerprint density at radius 1 is 0.438 bits per heavy atom. The standard InChI is InChI=1S/C36H62O23.C19H34N2O10.2C4H10.2C2H6S2.4C2H6.2C2H2.CH4O.CH4/c1-12(2)27-15(5)28(25(47)21(54-27)11-53-35(33(49)50)6-16(40)13(3)29(57-35)22(44)18(42)8-37)56-32-26(48)31(24(46)20(10-39)55-32)59-36(34(51)52)7-17(41)14(4)30(58-36)23(45)19(43)9-38;1-7(2)17-12(20-8(3)24)16(28)18(11(6-23)29-17)31-19-13(21-9(4)25)15(27)14(26)10(5-22)30-19;2*1-4(2)3;2*1-3-4-2;7*1-2;/h12-32,37-48H,6-11H2,1-5H3,(H,49,50)(H,51,52);7,10-19,22-23,26-28H,5-6H2,1-4H3,(H,20,24)(H,21,25);2*4H,1-3H3;2*1-2H3;4*1-2H3;2*1-2H;2H,1H3;1H4/t13-,14-,15-,16-,17-,18-,19-,20?,21?,22-,23-,24+,25?,26+,27?,28-,29?,30?,31?,32+,35-,36+;10?,11?,12-,13-,14+,15?,16?,17-,18+,19-;;;;;;;;;;;;/m10............/s1. The van der Waals surface area contributed by atoms with Crippen molar-refractivity contribution in [1.82, 2.24) is 10.6 Å². The van der Waals surface area contributed by atoms with Gasteiger partial charge in [0, 0.05) is 51.6 Å². The Morgan fingerprint density at radius 2 is 0.769 bits per heavy atom. The van der Waals surface area contributed by atoms with Crippen LogP contribution in [0.5, 0.6) is 0 Å². The summed E-state index contributed by atoms with van der Waals surface area (Å²) in [6.07, 6.45) is -15.7. The number of nitrogens with one attached hydrogen (secondary N) is 2. The molecule has 0 aromatic rings. The third-order valence-electron chi connectivity index (χ3n) is 17.8. The molecule has 11 unspecified atom stereocenters. The van der Waals surface area contributed by atoms with Crippen molar-refractivity contribution in [3.05, 3.63) is 0 Å². The van der Waals surface area contributed by atoms with Gasteiger partial charge >= 0.3 is 11.9 Å². The highest BCUT2D eigenvalue weighted by atomic mass is 33.1. The van der Waals surface area contributed by atoms with E-state index < -0.39 is 271 Å². The first-order valence-corrected chi connectivity index (χ1v) is 46.3. The number of aliphatic hydroxyl groups excluding tert-OH is 18. The van der Waals surface area contributed by atoms with Gasteiger partial charge in [0.1, 0.15) is 104 Å². The van der Waals surface area contributed by atoms with Crippen molar-refractivity contribution in [3.63, 3.8) is 0 Å². The van der Waals surface area contributed by atoms with Crippen LogP contribution in [0.2, 0.25) is 0 Å². The van der Waals surface area contributed by atoms with E-state index in [1.807, 2.05) is 69.2 Å². The van der Waals surface area contributed by atoms with Crippen LogP contribution in [-0.2, 0) is 66.5 Å². The summed E-state index contributed by atoms with van der Waals surface area (Å²) in [5.41, 5.74) is 0. The molecule has 121 heavy (non-hydrogen) atoms. The Labute approximate surface area is 737 Å². The molecule has 6 aliphatic heterocycles. The van der Waals surface area contributed by atoms with Gasteiger partial charge in [-0.2, -0.15) is 0 Å². The lowest BCUT2D eigenvalue weighted by atomic mass is 9.82. The number of aliphatic carboxylic acids is 2. The molecule has 0 aromatic heterocycles. The molecule has 0 aromatic carbocycles. The molecule has 22 N–H and O–H groups in total. The first kappa shape index (κ1) is 134. The molecule has 2 amide bonds. The van der Waals surface area contributed by atoms with Crippen LogP contribution in [0.3, 0.4) is 0 Å². The Balaban J connectivity index is -0.000000286. The number of hydrogen-bond donors (Lipinski definition) is 22. The maximum absolute atomic E-state index is 12.8. The molecule has 32 atom stereocenters. The monoisotopic (exact) mass is 1840 g/mol. The molecule has 6 fully saturated rings. The molecule has 0 radical (unpaired) electrons. The van der Waals surface area contributed by atoms with E-state index in [0.29, 0.717) is 0 Å². The number of amides is 2. The normalized spacial score (nSPS) is 34.0. The highest BCUT2D eigenvalue weighted by Gasteiger charge is 2.61. The molecule has 0 spiro atoms. The van der Waals surface area contributed by atoms with E-state index in [4.69, 9.17) is 52.5 Å². The number of aliphatic hydroxyl groups is 18. The van der Waals surface area contributed by atoms with E-state index in [-0.39, 0.29) is 19.3 Å². The minimum absolute atomic E-state index is 0. The Bertz CT molecular complexity index is 2570. The Kier molecular flexibility index (Phi) is 80.8. The van der Waals surface area contributed by atoms with E-state index >= 15 is 0 Å². The first-order valence-electron chi connectivity index (χ1n) is 40.4. The van der Waals surface area contributed by atoms with Crippen LogP contribution in [0.15, 0.2) is 0 Å². The number of ether oxygens (including phenoxy) is 10. The fourth-order valence-corrected chi connectivity index (χ4v) is 12.2. The summed E-state index contributed by atoms with van der Waals surface area (Å²) < 4.78 is 58.1. The number of terminal acetylenes is 2. The van der Waals surface area contributed by atoms with E-state index in [0.717, 1.165) is 18.9 Å². The van der Waals surface area contributed by atoms with Crippen LogP contribution in [-0.4, -0.2) is 374 Å². The summed E-state index contributed by atoms with van der Waals surface area (Å²) in [7, 11) is 8.09. The average molecular weight is 1840 g/mol. The van der Waals surface area contributed by atoms with E-state index in [1.54, 1.807) is 63.9 Å². The van der Waals surface area contributed by atoms with Crippen molar-refractivity contribution in [2.75, 3.05) is 71.8 Å². The SMILES string of the molecule is C.C#C.C#C.CC.CC.CC.CC.CC(=O)N[C@H]1C(O)[C@H](O)C(CO)O[C@H]1O[C@@H]1C(CO)O[C@@H](C(C)C)[C@@H](NC(C)=O)C1O.CC(C)C.CC(C)C.CC(C)C1OC(CO[C@]2(C(=O)O)C[C@@H](O)[C@@H](C)C([C@H](O)[C@H](O)CO)O2)C(O)[C@H](O[C@@H]2OC(CO)[C@H](O)C(O[C@]3(C(=O)O)C[C@@H](O)[C@@H](C)C([C@H](O)[C@H](O)CO)O3)[C@@H]2O)[C@@H]1C.CO.CSSC.CSSC. The fraction of sp³-hybridized carbons (Fsp3) is 0.901. The number of rotatable bonds is 26. The van der Waals surface area contributed by atoms with Crippen molar-refractivity contribution in [1.29, 1.82) is 0 Å². The number of carboxylic acid groups (broad SMARTS) is 2. The second-order valence-electron chi connectivity index (χ2n) is 28.9. The zero-order valence-corrected chi connectivity index (χ0v) is 79.2. The van der Waals surface area contributed by atoms with Crippen LogP contribution in [0, 0.1) is 67.1 Å². The number of hydrogen-bond acceptors (Lipinski definition) is 36. The second-order valence-corrected chi connectivity index (χ2v) is 34.2. The van der Waals surface area contributed by atoms with Crippen LogP contribution < -0.4 is 10.6 Å². The van der Waals surface area contributed by atoms with Crippen LogP contribution >= 0.6 is 43.2 Å². The van der Waals surface area contributed by atoms with Crippen LogP contribution in [0.1, 0.15) is 180 Å². The number of carboxylic acids is 2. The smallest absolute Gasteiger partial charge is 0.364 e. The maximum atomic E-state index is 12.8. The fourth-order valence-electron chi connectivity index (χ4n) is 12.2. The molecule has 0 aliphatic carbocycles. The summed E-state index contributed by atoms with van der Waals surface area (Å²) in [5.74, 6) is -11.6. The Morgan fingerprint density at radius 3 is 1.12 bits per heavy atom. The zero-order valence-electron chi connectivity index (χ0n) is 75.9. The Hall–Kier alpha value is -2.72. The minimum atomic E-state index is -2.91. The van der Waals surface area contributed by atoms with E-state index in [2.05, 4.69) is 103 Å². The molecule has 0 bridgehead atoms. The number of carbonyl (C=O) groups is 4. The molecule has 6 heterocycles. The van der Waals surface area contributed by atoms with E-state index in [9.17, 15) is 116 Å². The molecule has 6 aliphatic rings. The van der Waals surface area contributed by atoms with Crippen LogP contribution in [0.4, 0.5) is 0 Å². The molecular weight excluding hydrogens is 1670 g/mol. The summed E-state index contributed by atoms with van der Waals surface area (Å²) >= 11 is 0. The lowest BCUT2D eigenvalue weighted by Crippen LogP contribution is -2.69. The molecule has 0 saturated carbocycles. The first-order chi connectivity index (χ1) is 56.3. The largest absolute Gasteiger partial charge is 0.477 e. The molecule has 40 heteroatoms. The van der Waals surface area contributed by atoms with Gasteiger partial charge in [-0.15, -0.1) is 25.7 Å².